The molecule has 1 heterocycles. The number of nitrogens with one attached hydrogen (secondary N) is 1. The van der Waals surface area contributed by atoms with Gasteiger partial charge in [0.15, 0.2) is 0 Å². The summed E-state index contributed by atoms with van der Waals surface area (Å²) in [6.07, 6.45) is 0. The third-order valence-corrected chi connectivity index (χ3v) is 6.50. The van der Waals surface area contributed by atoms with Gasteiger partial charge in [-0.3, -0.25) is 9.69 Å². The van der Waals surface area contributed by atoms with Crippen molar-refractivity contribution in [3.8, 4) is 0 Å². The van der Waals surface area contributed by atoms with E-state index in [9.17, 15) is 13.2 Å². The van der Waals surface area contributed by atoms with Gasteiger partial charge in [-0.05, 0) is 56.2 Å². The van der Waals surface area contributed by atoms with Crippen LogP contribution in [0.5, 0.6) is 0 Å². The number of sulfonamides is 1. The van der Waals surface area contributed by atoms with E-state index < -0.39 is 10.0 Å². The van der Waals surface area contributed by atoms with Crippen LogP contribution in [-0.4, -0.2) is 51.4 Å². The Hall–Kier alpha value is -2.42. The Labute approximate surface area is 172 Å². The summed E-state index contributed by atoms with van der Waals surface area (Å²) in [4.78, 5) is 17.2. The Balaban J connectivity index is 1.61. The maximum absolute atomic E-state index is 12.7. The van der Waals surface area contributed by atoms with Crippen LogP contribution in [-0.2, 0) is 14.8 Å². The minimum atomic E-state index is -3.81. The van der Waals surface area contributed by atoms with Crippen LogP contribution in [0.3, 0.4) is 0 Å². The zero-order valence-corrected chi connectivity index (χ0v) is 17.9. The van der Waals surface area contributed by atoms with E-state index in [2.05, 4.69) is 47.2 Å². The highest BCUT2D eigenvalue weighted by Gasteiger charge is 2.26. The number of piperazine rings is 1. The minimum absolute atomic E-state index is 0.0231. The number of anilines is 2. The van der Waals surface area contributed by atoms with Gasteiger partial charge < -0.3 is 10.2 Å². The van der Waals surface area contributed by atoms with Crippen LogP contribution in [0.4, 0.5) is 11.4 Å². The van der Waals surface area contributed by atoms with Crippen LogP contribution >= 0.6 is 0 Å². The second-order valence-corrected chi connectivity index (χ2v) is 9.04. The van der Waals surface area contributed by atoms with Gasteiger partial charge in [-0.1, -0.05) is 18.2 Å². The third-order valence-electron chi connectivity index (χ3n) is 5.59. The van der Waals surface area contributed by atoms with E-state index in [0.29, 0.717) is 5.69 Å². The van der Waals surface area contributed by atoms with Crippen molar-refractivity contribution in [3.63, 3.8) is 0 Å². The number of aryl methyl sites for hydroxylation is 1. The zero-order valence-electron chi connectivity index (χ0n) is 17.1. The van der Waals surface area contributed by atoms with E-state index in [-0.39, 0.29) is 16.8 Å². The van der Waals surface area contributed by atoms with Crippen LogP contribution in [0.1, 0.15) is 18.1 Å². The van der Waals surface area contributed by atoms with E-state index in [1.54, 1.807) is 12.1 Å². The van der Waals surface area contributed by atoms with Crippen LogP contribution in [0, 0.1) is 13.8 Å². The molecule has 156 valence electrons. The number of nitrogens with two attached hydrogens (primary N) is 1. The number of carbonyl (C=O) groups excluding carboxylic acids is 1. The fourth-order valence-corrected chi connectivity index (χ4v) is 4.15. The smallest absolute Gasteiger partial charge is 0.241 e. The molecule has 0 radical (unpaired) electrons. The maximum Gasteiger partial charge on any atom is 0.241 e. The number of carbonyl (C=O) groups is 1. The summed E-state index contributed by atoms with van der Waals surface area (Å²) in [5, 5.41) is 7.96. The Bertz CT molecular complexity index is 999. The molecule has 1 aliphatic rings. The Morgan fingerprint density at radius 2 is 1.72 bits per heavy atom. The molecule has 1 fully saturated rings. The zero-order chi connectivity index (χ0) is 21.2. The highest BCUT2D eigenvalue weighted by Crippen LogP contribution is 2.24. The van der Waals surface area contributed by atoms with Crippen LogP contribution in [0.2, 0.25) is 0 Å². The first-order chi connectivity index (χ1) is 13.7. The second-order valence-electron chi connectivity index (χ2n) is 7.48. The minimum Gasteiger partial charge on any atom is -0.369 e. The monoisotopic (exact) mass is 416 g/mol. The Kier molecular flexibility index (Phi) is 6.26. The largest absolute Gasteiger partial charge is 0.369 e. The average molecular weight is 417 g/mol. The quantitative estimate of drug-likeness (QED) is 0.778. The van der Waals surface area contributed by atoms with Crippen molar-refractivity contribution in [2.24, 2.45) is 5.14 Å². The molecule has 7 nitrogen and oxygen atoms in total. The van der Waals surface area contributed by atoms with Crippen LogP contribution in [0.25, 0.3) is 0 Å². The van der Waals surface area contributed by atoms with Crippen molar-refractivity contribution in [2.75, 3.05) is 36.4 Å². The molecule has 0 aromatic heterocycles. The van der Waals surface area contributed by atoms with Gasteiger partial charge in [0.25, 0.3) is 0 Å². The van der Waals surface area contributed by atoms with Crippen molar-refractivity contribution >= 4 is 27.3 Å². The molecule has 0 saturated carbocycles. The molecule has 29 heavy (non-hydrogen) atoms. The van der Waals surface area contributed by atoms with Gasteiger partial charge >= 0.3 is 0 Å². The number of rotatable bonds is 5. The number of nitrogens with zero attached hydrogens (tertiary/aromatic N) is 2. The lowest BCUT2D eigenvalue weighted by molar-refractivity contribution is -0.120. The number of amides is 1. The lowest BCUT2D eigenvalue weighted by atomic mass is 10.1. The summed E-state index contributed by atoms with van der Waals surface area (Å²) in [6.45, 7) is 9.38. The molecule has 0 aliphatic carbocycles. The molecule has 0 spiro atoms. The third kappa shape index (κ3) is 4.95. The molecule has 0 bridgehead atoms. The van der Waals surface area contributed by atoms with Crippen molar-refractivity contribution in [3.05, 3.63) is 53.6 Å². The first-order valence-corrected chi connectivity index (χ1v) is 11.2. The average Bonchev–Trinajstić information content (AvgIpc) is 2.69. The molecule has 2 aromatic rings. The van der Waals surface area contributed by atoms with Crippen molar-refractivity contribution in [1.29, 1.82) is 0 Å². The van der Waals surface area contributed by atoms with Gasteiger partial charge in [-0.15, -0.1) is 0 Å². The normalized spacial score (nSPS) is 16.5. The maximum atomic E-state index is 12.7. The SMILES string of the molecule is Cc1cccc(N2CCN([C@@H](C)C(=O)Nc3cccc(S(N)(=O)=O)c3)CC2)c1C. The molecule has 1 aliphatic heterocycles. The summed E-state index contributed by atoms with van der Waals surface area (Å²) in [7, 11) is -3.81. The number of primary sulfonamides is 1. The Morgan fingerprint density at radius 1 is 1.07 bits per heavy atom. The van der Waals surface area contributed by atoms with Crippen molar-refractivity contribution < 1.29 is 13.2 Å². The molecule has 1 atom stereocenters. The molecule has 3 rings (SSSR count). The molecular formula is C21H28N4O3S. The van der Waals surface area contributed by atoms with Gasteiger partial charge in [0.05, 0.1) is 10.9 Å². The summed E-state index contributed by atoms with van der Waals surface area (Å²) in [5.74, 6) is -0.170. The van der Waals surface area contributed by atoms with E-state index >= 15 is 0 Å². The van der Waals surface area contributed by atoms with E-state index in [1.165, 1.54) is 28.9 Å². The van der Waals surface area contributed by atoms with E-state index in [4.69, 9.17) is 5.14 Å². The van der Waals surface area contributed by atoms with Crippen LogP contribution < -0.4 is 15.4 Å². The highest BCUT2D eigenvalue weighted by atomic mass is 32.2. The fraction of sp³-hybridized carbons (Fsp3) is 0.381. The van der Waals surface area contributed by atoms with Gasteiger partial charge in [0, 0.05) is 37.6 Å². The first-order valence-electron chi connectivity index (χ1n) is 9.66. The van der Waals surface area contributed by atoms with Gasteiger partial charge in [0.1, 0.15) is 0 Å². The first kappa shape index (κ1) is 21.3. The van der Waals surface area contributed by atoms with E-state index in [1.807, 2.05) is 6.92 Å². The van der Waals surface area contributed by atoms with Gasteiger partial charge in [-0.25, -0.2) is 13.6 Å². The van der Waals surface area contributed by atoms with Crippen molar-refractivity contribution in [2.45, 2.75) is 31.7 Å². The van der Waals surface area contributed by atoms with Crippen molar-refractivity contribution in [1.82, 2.24) is 4.90 Å². The molecule has 8 heteroatoms. The topological polar surface area (TPSA) is 95.7 Å². The molecule has 2 aromatic carbocycles. The number of benzene rings is 2. The highest BCUT2D eigenvalue weighted by molar-refractivity contribution is 7.89. The summed E-state index contributed by atoms with van der Waals surface area (Å²) >= 11 is 0. The summed E-state index contributed by atoms with van der Waals surface area (Å²) in [6, 6.07) is 12.0. The summed E-state index contributed by atoms with van der Waals surface area (Å²) < 4.78 is 23.0. The molecular weight excluding hydrogens is 388 g/mol. The number of hydrogen-bond donors (Lipinski definition) is 2. The second kappa shape index (κ2) is 8.52. The number of hydrogen-bond acceptors (Lipinski definition) is 5. The Morgan fingerprint density at radius 3 is 2.38 bits per heavy atom. The standard InChI is InChI=1S/C21H28N4O3S/c1-15-6-4-9-20(16(15)2)25-12-10-24(11-13-25)17(3)21(26)23-18-7-5-8-19(14-18)29(22,27)28/h4-9,14,17H,10-13H2,1-3H3,(H,23,26)(H2,22,27,28)/t17-/m0/s1. The lowest BCUT2D eigenvalue weighted by Crippen LogP contribution is -2.53. The molecule has 0 unspecified atom stereocenters. The molecule has 1 saturated heterocycles. The molecule has 1 amide bonds. The van der Waals surface area contributed by atoms with Crippen LogP contribution in [0.15, 0.2) is 47.4 Å². The fourth-order valence-electron chi connectivity index (χ4n) is 3.59. The predicted octanol–water partition coefficient (Wildman–Crippen LogP) is 2.10. The summed E-state index contributed by atoms with van der Waals surface area (Å²) in [5.41, 5.74) is 4.24. The van der Waals surface area contributed by atoms with Gasteiger partial charge in [-0.2, -0.15) is 0 Å². The van der Waals surface area contributed by atoms with E-state index in [0.717, 1.165) is 26.2 Å². The lowest BCUT2D eigenvalue weighted by Gasteiger charge is -2.39. The molecule has 3 N–H and O–H groups in total. The predicted molar refractivity (Wildman–Crippen MR) is 116 cm³/mol. The van der Waals surface area contributed by atoms with Gasteiger partial charge in [0.2, 0.25) is 15.9 Å².